The Morgan fingerprint density at radius 1 is 1.28 bits per heavy atom. The maximum absolute atomic E-state index is 5.21. The summed E-state index contributed by atoms with van der Waals surface area (Å²) >= 11 is 0. The molecule has 0 aliphatic heterocycles. The Morgan fingerprint density at radius 3 is 2.72 bits per heavy atom. The van der Waals surface area contributed by atoms with Crippen LogP contribution in [0.3, 0.4) is 0 Å². The highest BCUT2D eigenvalue weighted by molar-refractivity contribution is 5.30. The zero-order valence-corrected chi connectivity index (χ0v) is 10.8. The first-order valence-corrected chi connectivity index (χ1v) is 6.18. The lowest BCUT2D eigenvalue weighted by Gasteiger charge is -2.14. The monoisotopic (exact) mass is 245 g/mol. The summed E-state index contributed by atoms with van der Waals surface area (Å²) in [6, 6.07) is 12.3. The average molecular weight is 245 g/mol. The number of nitrogens with one attached hydrogen (secondary N) is 1. The Morgan fingerprint density at radius 2 is 2.06 bits per heavy atom. The quantitative estimate of drug-likeness (QED) is 0.847. The van der Waals surface area contributed by atoms with Crippen molar-refractivity contribution in [3.63, 3.8) is 0 Å². The van der Waals surface area contributed by atoms with Crippen molar-refractivity contribution in [2.45, 2.75) is 13.0 Å². The van der Waals surface area contributed by atoms with Gasteiger partial charge in [-0.15, -0.1) is 0 Å². The molecule has 1 heterocycles. The van der Waals surface area contributed by atoms with E-state index < -0.39 is 0 Å². The van der Waals surface area contributed by atoms with Gasteiger partial charge in [-0.3, -0.25) is 0 Å². The van der Waals surface area contributed by atoms with Crippen molar-refractivity contribution in [1.82, 2.24) is 15.1 Å². The molecule has 1 aromatic heterocycles. The molecule has 96 valence electrons. The predicted molar refractivity (Wildman–Crippen MR) is 71.9 cm³/mol. The van der Waals surface area contributed by atoms with E-state index in [1.165, 1.54) is 0 Å². The SMILES string of the molecule is CCNC(COC)c1ccn(-c2ccccc2)n1. The summed E-state index contributed by atoms with van der Waals surface area (Å²) in [5, 5.41) is 7.96. The summed E-state index contributed by atoms with van der Waals surface area (Å²) in [6.45, 7) is 3.60. The summed E-state index contributed by atoms with van der Waals surface area (Å²) in [7, 11) is 1.71. The first-order chi connectivity index (χ1) is 8.85. The number of rotatable bonds is 6. The topological polar surface area (TPSA) is 39.1 Å². The molecule has 0 aliphatic carbocycles. The van der Waals surface area contributed by atoms with Crippen LogP contribution in [-0.2, 0) is 4.74 Å². The van der Waals surface area contributed by atoms with E-state index in [-0.39, 0.29) is 6.04 Å². The van der Waals surface area contributed by atoms with Gasteiger partial charge in [-0.25, -0.2) is 4.68 Å². The van der Waals surface area contributed by atoms with E-state index in [9.17, 15) is 0 Å². The lowest BCUT2D eigenvalue weighted by molar-refractivity contribution is 0.166. The van der Waals surface area contributed by atoms with Crippen LogP contribution in [0.25, 0.3) is 5.69 Å². The lowest BCUT2D eigenvalue weighted by atomic mass is 10.2. The normalized spacial score (nSPS) is 12.6. The average Bonchev–Trinajstić information content (AvgIpc) is 2.89. The molecule has 1 aromatic carbocycles. The van der Waals surface area contributed by atoms with Crippen LogP contribution in [0.4, 0.5) is 0 Å². The molecule has 0 radical (unpaired) electrons. The van der Waals surface area contributed by atoms with Gasteiger partial charge in [-0.1, -0.05) is 25.1 Å². The molecule has 2 aromatic rings. The molecule has 1 atom stereocenters. The van der Waals surface area contributed by atoms with Gasteiger partial charge >= 0.3 is 0 Å². The maximum atomic E-state index is 5.21. The Balaban J connectivity index is 2.18. The summed E-state index contributed by atoms with van der Waals surface area (Å²) < 4.78 is 7.10. The van der Waals surface area contributed by atoms with E-state index in [0.717, 1.165) is 17.9 Å². The number of nitrogens with zero attached hydrogens (tertiary/aromatic N) is 2. The molecule has 0 saturated carbocycles. The molecule has 0 saturated heterocycles. The summed E-state index contributed by atoms with van der Waals surface area (Å²) in [5.74, 6) is 0. The molecule has 2 rings (SSSR count). The van der Waals surface area contributed by atoms with E-state index in [1.54, 1.807) is 7.11 Å². The minimum absolute atomic E-state index is 0.143. The Kier molecular flexibility index (Phi) is 4.50. The second kappa shape index (κ2) is 6.33. The molecule has 4 nitrogen and oxygen atoms in total. The van der Waals surface area contributed by atoms with Gasteiger partial charge in [0.2, 0.25) is 0 Å². The van der Waals surface area contributed by atoms with Crippen molar-refractivity contribution < 1.29 is 4.74 Å². The first kappa shape index (κ1) is 12.8. The highest BCUT2D eigenvalue weighted by Crippen LogP contribution is 2.13. The standard InChI is InChI=1S/C14H19N3O/c1-3-15-14(11-18-2)13-9-10-17(16-13)12-7-5-4-6-8-12/h4-10,14-15H,3,11H2,1-2H3. The Labute approximate surface area is 108 Å². The Hall–Kier alpha value is -1.65. The molecule has 0 fully saturated rings. The molecule has 1 N–H and O–H groups in total. The molecule has 0 spiro atoms. The number of hydrogen-bond donors (Lipinski definition) is 1. The molecule has 1 unspecified atom stereocenters. The van der Waals surface area contributed by atoms with Crippen molar-refractivity contribution >= 4 is 0 Å². The van der Waals surface area contributed by atoms with E-state index in [0.29, 0.717) is 6.61 Å². The third-order valence-electron chi connectivity index (χ3n) is 2.77. The highest BCUT2D eigenvalue weighted by Gasteiger charge is 2.13. The van der Waals surface area contributed by atoms with Crippen LogP contribution in [0.15, 0.2) is 42.6 Å². The van der Waals surface area contributed by atoms with Crippen LogP contribution in [-0.4, -0.2) is 30.0 Å². The van der Waals surface area contributed by atoms with Gasteiger partial charge in [0.15, 0.2) is 0 Å². The fourth-order valence-corrected chi connectivity index (χ4v) is 1.91. The first-order valence-electron chi connectivity index (χ1n) is 6.18. The molecule has 0 amide bonds. The van der Waals surface area contributed by atoms with E-state index in [4.69, 9.17) is 4.74 Å². The smallest absolute Gasteiger partial charge is 0.0821 e. The largest absolute Gasteiger partial charge is 0.383 e. The van der Waals surface area contributed by atoms with Gasteiger partial charge in [0, 0.05) is 13.3 Å². The minimum Gasteiger partial charge on any atom is -0.383 e. The number of para-hydroxylation sites is 1. The third kappa shape index (κ3) is 2.97. The van der Waals surface area contributed by atoms with Crippen LogP contribution >= 0.6 is 0 Å². The number of ether oxygens (including phenoxy) is 1. The zero-order valence-electron chi connectivity index (χ0n) is 10.8. The number of benzene rings is 1. The minimum atomic E-state index is 0.143. The fraction of sp³-hybridized carbons (Fsp3) is 0.357. The number of hydrogen-bond acceptors (Lipinski definition) is 3. The van der Waals surface area contributed by atoms with Crippen molar-refractivity contribution in [2.24, 2.45) is 0 Å². The van der Waals surface area contributed by atoms with E-state index in [2.05, 4.69) is 17.3 Å². The summed E-state index contributed by atoms with van der Waals surface area (Å²) in [6.07, 6.45) is 1.98. The van der Waals surface area contributed by atoms with Crippen LogP contribution in [0.2, 0.25) is 0 Å². The lowest BCUT2D eigenvalue weighted by Crippen LogP contribution is -2.25. The molecule has 0 bridgehead atoms. The zero-order chi connectivity index (χ0) is 12.8. The van der Waals surface area contributed by atoms with Crippen LogP contribution in [0.5, 0.6) is 0 Å². The van der Waals surface area contributed by atoms with Crippen molar-refractivity contribution in [1.29, 1.82) is 0 Å². The second-order valence-corrected chi connectivity index (χ2v) is 4.09. The van der Waals surface area contributed by atoms with Gasteiger partial charge < -0.3 is 10.1 Å². The highest BCUT2D eigenvalue weighted by atomic mass is 16.5. The summed E-state index contributed by atoms with van der Waals surface area (Å²) in [5.41, 5.74) is 2.07. The fourth-order valence-electron chi connectivity index (χ4n) is 1.91. The van der Waals surface area contributed by atoms with Crippen LogP contribution in [0.1, 0.15) is 18.7 Å². The van der Waals surface area contributed by atoms with E-state index >= 15 is 0 Å². The van der Waals surface area contributed by atoms with E-state index in [1.807, 2.05) is 47.3 Å². The van der Waals surface area contributed by atoms with Crippen LogP contribution < -0.4 is 5.32 Å². The molecule has 0 aliphatic rings. The van der Waals surface area contributed by atoms with Gasteiger partial charge in [0.05, 0.1) is 24.0 Å². The van der Waals surface area contributed by atoms with Crippen molar-refractivity contribution in [3.05, 3.63) is 48.3 Å². The van der Waals surface area contributed by atoms with Crippen LogP contribution in [0, 0.1) is 0 Å². The maximum Gasteiger partial charge on any atom is 0.0821 e. The van der Waals surface area contributed by atoms with Crippen molar-refractivity contribution in [3.8, 4) is 5.69 Å². The molecule has 18 heavy (non-hydrogen) atoms. The molecule has 4 heteroatoms. The number of methoxy groups -OCH3 is 1. The van der Waals surface area contributed by atoms with Crippen molar-refractivity contribution in [2.75, 3.05) is 20.3 Å². The van der Waals surface area contributed by atoms with Gasteiger partial charge in [0.1, 0.15) is 0 Å². The van der Waals surface area contributed by atoms with Gasteiger partial charge in [-0.05, 0) is 24.7 Å². The van der Waals surface area contributed by atoms with Gasteiger partial charge in [-0.2, -0.15) is 5.10 Å². The Bertz CT molecular complexity index is 461. The number of aromatic nitrogens is 2. The van der Waals surface area contributed by atoms with Gasteiger partial charge in [0.25, 0.3) is 0 Å². The second-order valence-electron chi connectivity index (χ2n) is 4.09. The molecular formula is C14H19N3O. The summed E-state index contributed by atoms with van der Waals surface area (Å²) in [4.78, 5) is 0. The molecular weight excluding hydrogens is 226 g/mol. The third-order valence-corrected chi connectivity index (χ3v) is 2.77. The predicted octanol–water partition coefficient (Wildman–Crippen LogP) is 2.17. The number of likely N-dealkylation sites (N-methyl/N-ethyl adjacent to an activating group) is 1.